The quantitative estimate of drug-likeness (QED) is 0.850. The highest BCUT2D eigenvalue weighted by Gasteiger charge is 2.28. The summed E-state index contributed by atoms with van der Waals surface area (Å²) < 4.78 is 10.2. The topological polar surface area (TPSA) is 64.8 Å². The number of rotatable bonds is 3. The predicted octanol–water partition coefficient (Wildman–Crippen LogP) is 1.40. The van der Waals surface area contributed by atoms with Crippen molar-refractivity contribution in [2.45, 2.75) is 25.5 Å². The molecule has 5 nitrogen and oxygen atoms in total. The largest absolute Gasteiger partial charge is 0.465 e. The maximum atomic E-state index is 11.6. The van der Waals surface area contributed by atoms with Gasteiger partial charge in [-0.2, -0.15) is 0 Å². The van der Waals surface area contributed by atoms with Gasteiger partial charge in [0.15, 0.2) is 0 Å². The van der Waals surface area contributed by atoms with Crippen LogP contribution in [-0.2, 0) is 9.47 Å². The van der Waals surface area contributed by atoms with Gasteiger partial charge in [-0.25, -0.2) is 4.79 Å². The maximum absolute atomic E-state index is 11.6. The SMILES string of the molecule is COC(=O)c1sc(N2CC[C@H](N)[C@H](OC)C2)cc1C. The highest BCUT2D eigenvalue weighted by molar-refractivity contribution is 7.18. The molecule has 0 aromatic carbocycles. The van der Waals surface area contributed by atoms with E-state index < -0.39 is 0 Å². The Morgan fingerprint density at radius 3 is 2.89 bits per heavy atom. The Bertz CT molecular complexity index is 461. The highest BCUT2D eigenvalue weighted by Crippen LogP contribution is 2.32. The normalized spacial score (nSPS) is 23.5. The molecule has 2 atom stereocenters. The van der Waals surface area contributed by atoms with Crippen molar-refractivity contribution in [1.29, 1.82) is 0 Å². The van der Waals surface area contributed by atoms with Crippen LogP contribution in [0.15, 0.2) is 6.07 Å². The molecule has 2 rings (SSSR count). The first kappa shape index (κ1) is 14.3. The van der Waals surface area contributed by atoms with Gasteiger partial charge >= 0.3 is 5.97 Å². The molecule has 1 aromatic heterocycles. The van der Waals surface area contributed by atoms with E-state index in [2.05, 4.69) is 4.90 Å². The molecule has 0 amide bonds. The van der Waals surface area contributed by atoms with Crippen molar-refractivity contribution < 1.29 is 14.3 Å². The Balaban J connectivity index is 2.16. The fourth-order valence-electron chi connectivity index (χ4n) is 2.30. The summed E-state index contributed by atoms with van der Waals surface area (Å²) in [6.45, 7) is 3.58. The molecule has 6 heteroatoms. The summed E-state index contributed by atoms with van der Waals surface area (Å²) in [5, 5.41) is 1.08. The van der Waals surface area contributed by atoms with Crippen LogP contribution in [-0.4, -0.2) is 45.4 Å². The first-order valence-electron chi connectivity index (χ1n) is 6.29. The van der Waals surface area contributed by atoms with Crippen molar-refractivity contribution in [3.05, 3.63) is 16.5 Å². The minimum absolute atomic E-state index is 0.0396. The molecule has 1 fully saturated rings. The van der Waals surface area contributed by atoms with E-state index in [4.69, 9.17) is 15.2 Å². The van der Waals surface area contributed by atoms with E-state index in [0.29, 0.717) is 4.88 Å². The van der Waals surface area contributed by atoms with Crippen LogP contribution in [0, 0.1) is 6.92 Å². The molecule has 0 bridgehead atoms. The van der Waals surface area contributed by atoms with Crippen LogP contribution in [0.2, 0.25) is 0 Å². The smallest absolute Gasteiger partial charge is 0.348 e. The summed E-state index contributed by atoms with van der Waals surface area (Å²) in [5.41, 5.74) is 6.97. The summed E-state index contributed by atoms with van der Waals surface area (Å²) >= 11 is 1.47. The molecule has 0 aliphatic carbocycles. The number of ether oxygens (including phenoxy) is 2. The fraction of sp³-hybridized carbons (Fsp3) is 0.615. The number of hydrogen-bond donors (Lipinski definition) is 1. The van der Waals surface area contributed by atoms with Gasteiger partial charge in [-0.15, -0.1) is 11.3 Å². The minimum Gasteiger partial charge on any atom is -0.465 e. The number of nitrogens with two attached hydrogens (primary N) is 1. The van der Waals surface area contributed by atoms with E-state index in [1.54, 1.807) is 7.11 Å². The zero-order chi connectivity index (χ0) is 14.0. The zero-order valence-electron chi connectivity index (χ0n) is 11.5. The molecule has 1 aliphatic heterocycles. The first-order valence-corrected chi connectivity index (χ1v) is 7.10. The zero-order valence-corrected chi connectivity index (χ0v) is 12.3. The van der Waals surface area contributed by atoms with E-state index in [0.717, 1.165) is 30.1 Å². The third-order valence-electron chi connectivity index (χ3n) is 3.50. The summed E-state index contributed by atoms with van der Waals surface area (Å²) in [5.74, 6) is -0.272. The lowest BCUT2D eigenvalue weighted by Crippen LogP contribution is -2.51. The molecule has 2 heterocycles. The van der Waals surface area contributed by atoms with Crippen LogP contribution < -0.4 is 10.6 Å². The molecule has 1 aliphatic rings. The monoisotopic (exact) mass is 284 g/mol. The van der Waals surface area contributed by atoms with Gasteiger partial charge in [-0.1, -0.05) is 0 Å². The van der Waals surface area contributed by atoms with Gasteiger partial charge in [0.05, 0.1) is 18.2 Å². The van der Waals surface area contributed by atoms with Gasteiger partial charge in [0.25, 0.3) is 0 Å². The predicted molar refractivity (Wildman–Crippen MR) is 76.0 cm³/mol. The Hall–Kier alpha value is -1.11. The van der Waals surface area contributed by atoms with Crippen molar-refractivity contribution in [2.75, 3.05) is 32.2 Å². The second kappa shape index (κ2) is 5.90. The molecular weight excluding hydrogens is 264 g/mol. The molecule has 2 N–H and O–H groups in total. The number of anilines is 1. The van der Waals surface area contributed by atoms with Crippen molar-refractivity contribution in [3.63, 3.8) is 0 Å². The Labute approximate surface area is 117 Å². The number of methoxy groups -OCH3 is 2. The van der Waals surface area contributed by atoms with Crippen LogP contribution in [0.1, 0.15) is 21.7 Å². The lowest BCUT2D eigenvalue weighted by atomic mass is 10.0. The van der Waals surface area contributed by atoms with Gasteiger partial charge in [0.2, 0.25) is 0 Å². The number of esters is 1. The summed E-state index contributed by atoms with van der Waals surface area (Å²) in [4.78, 5) is 14.5. The highest BCUT2D eigenvalue weighted by atomic mass is 32.1. The van der Waals surface area contributed by atoms with Gasteiger partial charge in [0, 0.05) is 26.2 Å². The van der Waals surface area contributed by atoms with E-state index in [1.165, 1.54) is 18.4 Å². The van der Waals surface area contributed by atoms with Crippen molar-refractivity contribution >= 4 is 22.3 Å². The molecule has 0 radical (unpaired) electrons. The Kier molecular flexibility index (Phi) is 4.44. The van der Waals surface area contributed by atoms with E-state index in [-0.39, 0.29) is 18.1 Å². The van der Waals surface area contributed by atoms with Gasteiger partial charge in [-0.3, -0.25) is 0 Å². The summed E-state index contributed by atoms with van der Waals surface area (Å²) in [6, 6.07) is 2.11. The van der Waals surface area contributed by atoms with Crippen molar-refractivity contribution in [3.8, 4) is 0 Å². The average Bonchev–Trinajstić information content (AvgIpc) is 2.80. The Morgan fingerprint density at radius 2 is 2.26 bits per heavy atom. The number of carbonyl (C=O) groups excluding carboxylic acids is 1. The third-order valence-corrected chi connectivity index (χ3v) is 4.78. The number of thiophene rings is 1. The molecule has 0 saturated carbocycles. The second-order valence-electron chi connectivity index (χ2n) is 4.76. The van der Waals surface area contributed by atoms with Gasteiger partial charge < -0.3 is 20.1 Å². The molecule has 1 aromatic rings. The maximum Gasteiger partial charge on any atom is 0.348 e. The number of aryl methyl sites for hydroxylation is 1. The molecule has 0 unspecified atom stereocenters. The number of piperidine rings is 1. The molecule has 106 valence electrons. The van der Waals surface area contributed by atoms with E-state index >= 15 is 0 Å². The number of carbonyl (C=O) groups is 1. The minimum atomic E-state index is -0.272. The number of nitrogens with zero attached hydrogens (tertiary/aromatic N) is 1. The average molecular weight is 284 g/mol. The summed E-state index contributed by atoms with van der Waals surface area (Å²) in [6.07, 6.45) is 0.931. The lowest BCUT2D eigenvalue weighted by Gasteiger charge is -2.36. The van der Waals surface area contributed by atoms with E-state index in [9.17, 15) is 4.79 Å². The Morgan fingerprint density at radius 1 is 1.53 bits per heavy atom. The van der Waals surface area contributed by atoms with Crippen molar-refractivity contribution in [1.82, 2.24) is 0 Å². The summed E-state index contributed by atoms with van der Waals surface area (Å²) in [7, 11) is 3.09. The molecule has 19 heavy (non-hydrogen) atoms. The fourth-order valence-corrected chi connectivity index (χ4v) is 3.43. The molecular formula is C13H20N2O3S. The van der Waals surface area contributed by atoms with Crippen LogP contribution in [0.5, 0.6) is 0 Å². The third kappa shape index (κ3) is 2.91. The van der Waals surface area contributed by atoms with Gasteiger partial charge in [0.1, 0.15) is 4.88 Å². The first-order chi connectivity index (χ1) is 9.06. The second-order valence-corrected chi connectivity index (χ2v) is 5.79. The molecule has 0 spiro atoms. The number of hydrogen-bond acceptors (Lipinski definition) is 6. The lowest BCUT2D eigenvalue weighted by molar-refractivity contribution is 0.0605. The molecule has 1 saturated heterocycles. The van der Waals surface area contributed by atoms with Crippen LogP contribution in [0.3, 0.4) is 0 Å². The van der Waals surface area contributed by atoms with Gasteiger partial charge in [-0.05, 0) is 25.0 Å². The standard InChI is InChI=1S/C13H20N2O3S/c1-8-6-11(19-12(8)13(16)18-3)15-5-4-9(14)10(7-15)17-2/h6,9-10H,4-5,7,14H2,1-3H3/t9-,10+/m0/s1. The van der Waals surface area contributed by atoms with E-state index in [1.807, 2.05) is 13.0 Å². The van der Waals surface area contributed by atoms with Crippen molar-refractivity contribution in [2.24, 2.45) is 5.73 Å². The van der Waals surface area contributed by atoms with Crippen LogP contribution in [0.25, 0.3) is 0 Å². The van der Waals surface area contributed by atoms with Crippen LogP contribution in [0.4, 0.5) is 5.00 Å². The van der Waals surface area contributed by atoms with Crippen LogP contribution >= 0.6 is 11.3 Å².